The summed E-state index contributed by atoms with van der Waals surface area (Å²) in [5.41, 5.74) is -0.702. The van der Waals surface area contributed by atoms with Crippen LogP contribution in [0.1, 0.15) is 67.7 Å². The Hall–Kier alpha value is -0.610. The lowest BCUT2D eigenvalue weighted by molar-refractivity contribution is -0.151. The second-order valence-electron chi connectivity index (χ2n) is 6.77. The molecule has 0 bridgehead atoms. The zero-order valence-corrected chi connectivity index (χ0v) is 14.3. The van der Waals surface area contributed by atoms with E-state index in [2.05, 4.69) is 26.1 Å². The molecule has 1 N–H and O–H groups in total. The molecule has 0 heterocycles. The van der Waals surface area contributed by atoms with Crippen molar-refractivity contribution < 1.29 is 14.3 Å². The largest absolute Gasteiger partial charge is 0.465 e. The molecule has 0 aliphatic rings. The molecule has 1 unspecified atom stereocenters. The van der Waals surface area contributed by atoms with E-state index >= 15 is 0 Å². The highest BCUT2D eigenvalue weighted by molar-refractivity contribution is 5.80. The lowest BCUT2D eigenvalue weighted by atomic mass is 9.94. The molecule has 0 rings (SSSR count). The average Bonchev–Trinajstić information content (AvgIpc) is 2.26. The highest BCUT2D eigenvalue weighted by atomic mass is 16.5. The second-order valence-corrected chi connectivity index (χ2v) is 6.77. The quantitative estimate of drug-likeness (QED) is 0.522. The normalized spacial score (nSPS) is 15.2. The van der Waals surface area contributed by atoms with Crippen LogP contribution in [0.3, 0.4) is 0 Å². The molecule has 0 radical (unpaired) electrons. The molecule has 120 valence electrons. The maximum atomic E-state index is 12.1. The minimum atomic E-state index is -0.605. The number of rotatable bonds is 9. The van der Waals surface area contributed by atoms with E-state index < -0.39 is 5.54 Å². The minimum absolute atomic E-state index is 0.0966. The van der Waals surface area contributed by atoms with Crippen LogP contribution in [0.25, 0.3) is 0 Å². The fraction of sp³-hybridized carbons (Fsp3) is 0.938. The Morgan fingerprint density at radius 3 is 2.20 bits per heavy atom. The van der Waals surface area contributed by atoms with Gasteiger partial charge in [0.05, 0.1) is 12.2 Å². The Kier molecular flexibility index (Phi) is 8.36. The van der Waals surface area contributed by atoms with Gasteiger partial charge in [-0.15, -0.1) is 0 Å². The number of carbonyl (C=O) groups is 1. The zero-order valence-electron chi connectivity index (χ0n) is 14.3. The smallest absolute Gasteiger partial charge is 0.326 e. The fourth-order valence-electron chi connectivity index (χ4n) is 2.12. The summed E-state index contributed by atoms with van der Waals surface area (Å²) in [6.45, 7) is 15.1. The molecule has 20 heavy (non-hydrogen) atoms. The van der Waals surface area contributed by atoms with Crippen molar-refractivity contribution in [1.82, 2.24) is 5.32 Å². The number of hydrogen-bond donors (Lipinski definition) is 1. The van der Waals surface area contributed by atoms with Crippen molar-refractivity contribution in [2.75, 3.05) is 13.2 Å². The van der Waals surface area contributed by atoms with Crippen molar-refractivity contribution in [3.05, 3.63) is 0 Å². The number of nitrogens with one attached hydrogen (secondary N) is 1. The summed E-state index contributed by atoms with van der Waals surface area (Å²) in [7, 11) is 0. The van der Waals surface area contributed by atoms with Crippen LogP contribution in [-0.4, -0.2) is 36.4 Å². The first-order chi connectivity index (χ1) is 9.10. The summed E-state index contributed by atoms with van der Waals surface area (Å²) in [5.74, 6) is -0.162. The molecule has 0 amide bonds. The van der Waals surface area contributed by atoms with Crippen LogP contribution < -0.4 is 5.32 Å². The number of hydrogen-bond acceptors (Lipinski definition) is 4. The molecule has 1 atom stereocenters. The summed E-state index contributed by atoms with van der Waals surface area (Å²) >= 11 is 0. The van der Waals surface area contributed by atoms with Gasteiger partial charge in [-0.3, -0.25) is 10.1 Å². The predicted molar refractivity (Wildman–Crippen MR) is 82.9 cm³/mol. The van der Waals surface area contributed by atoms with Gasteiger partial charge in [0.15, 0.2) is 0 Å². The molecule has 0 aromatic rings. The van der Waals surface area contributed by atoms with E-state index in [-0.39, 0.29) is 17.6 Å². The molecule has 0 aliphatic carbocycles. The van der Waals surface area contributed by atoms with Crippen LogP contribution in [0.4, 0.5) is 0 Å². The third kappa shape index (κ3) is 8.54. The number of esters is 1. The fourth-order valence-corrected chi connectivity index (χ4v) is 2.12. The lowest BCUT2D eigenvalue weighted by Gasteiger charge is -2.31. The van der Waals surface area contributed by atoms with Gasteiger partial charge in [-0.2, -0.15) is 0 Å². The molecule has 0 fully saturated rings. The van der Waals surface area contributed by atoms with E-state index in [0.29, 0.717) is 6.61 Å². The van der Waals surface area contributed by atoms with Gasteiger partial charge in [0.25, 0.3) is 0 Å². The van der Waals surface area contributed by atoms with Crippen molar-refractivity contribution in [2.24, 2.45) is 0 Å². The van der Waals surface area contributed by atoms with Gasteiger partial charge in [-0.05, 0) is 67.7 Å². The zero-order chi connectivity index (χ0) is 15.8. The van der Waals surface area contributed by atoms with E-state index in [0.717, 1.165) is 25.9 Å². The third-order valence-electron chi connectivity index (χ3n) is 2.94. The first-order valence-electron chi connectivity index (χ1n) is 7.69. The van der Waals surface area contributed by atoms with Crippen LogP contribution in [0, 0.1) is 0 Å². The van der Waals surface area contributed by atoms with Gasteiger partial charge in [0, 0.05) is 12.6 Å². The van der Waals surface area contributed by atoms with Gasteiger partial charge in [-0.25, -0.2) is 0 Å². The molecule has 0 spiro atoms. The molecule has 0 aliphatic heterocycles. The predicted octanol–water partition coefficient (Wildman–Crippen LogP) is 3.29. The van der Waals surface area contributed by atoms with Crippen molar-refractivity contribution in [1.29, 1.82) is 0 Å². The van der Waals surface area contributed by atoms with E-state index in [4.69, 9.17) is 9.47 Å². The Labute approximate surface area is 124 Å². The SMILES string of the molecule is CCOC(=O)C(C)(CCCCOC(C)(C)C)NC(C)C. The molecule has 0 aromatic carbocycles. The van der Waals surface area contributed by atoms with Crippen LogP contribution in [0.15, 0.2) is 0 Å². The maximum absolute atomic E-state index is 12.1. The standard InChI is InChI=1S/C16H33NO3/c1-8-19-14(18)16(7,17-13(2)3)11-9-10-12-20-15(4,5)6/h13,17H,8-12H2,1-7H3. The van der Waals surface area contributed by atoms with Crippen LogP contribution in [-0.2, 0) is 14.3 Å². The van der Waals surface area contributed by atoms with E-state index in [9.17, 15) is 4.79 Å². The summed E-state index contributed by atoms with van der Waals surface area (Å²) < 4.78 is 10.9. The second kappa shape index (κ2) is 8.63. The molecule has 4 heteroatoms. The molecule has 0 saturated carbocycles. The molecule has 0 aromatic heterocycles. The Balaban J connectivity index is 4.27. The first kappa shape index (κ1) is 19.4. The first-order valence-corrected chi connectivity index (χ1v) is 7.69. The van der Waals surface area contributed by atoms with Gasteiger partial charge in [0.1, 0.15) is 5.54 Å². The minimum Gasteiger partial charge on any atom is -0.465 e. The van der Waals surface area contributed by atoms with Crippen LogP contribution in [0.5, 0.6) is 0 Å². The number of carbonyl (C=O) groups excluding carboxylic acids is 1. The summed E-state index contributed by atoms with van der Waals surface area (Å²) in [6.07, 6.45) is 2.65. The van der Waals surface area contributed by atoms with Gasteiger partial charge in [0.2, 0.25) is 0 Å². The molecule has 0 saturated heterocycles. The van der Waals surface area contributed by atoms with E-state index in [1.165, 1.54) is 0 Å². The van der Waals surface area contributed by atoms with Gasteiger partial charge in [-0.1, -0.05) is 0 Å². The van der Waals surface area contributed by atoms with Crippen LogP contribution >= 0.6 is 0 Å². The highest BCUT2D eigenvalue weighted by Gasteiger charge is 2.34. The lowest BCUT2D eigenvalue weighted by Crippen LogP contribution is -2.53. The maximum Gasteiger partial charge on any atom is 0.326 e. The highest BCUT2D eigenvalue weighted by Crippen LogP contribution is 2.18. The number of ether oxygens (including phenoxy) is 2. The topological polar surface area (TPSA) is 47.6 Å². The van der Waals surface area contributed by atoms with E-state index in [1.54, 1.807) is 0 Å². The Morgan fingerprint density at radius 2 is 1.75 bits per heavy atom. The summed E-state index contributed by atoms with van der Waals surface area (Å²) in [4.78, 5) is 12.1. The van der Waals surface area contributed by atoms with Crippen molar-refractivity contribution >= 4 is 5.97 Å². The monoisotopic (exact) mass is 287 g/mol. The molecule has 4 nitrogen and oxygen atoms in total. The van der Waals surface area contributed by atoms with Gasteiger partial charge < -0.3 is 9.47 Å². The van der Waals surface area contributed by atoms with Crippen LogP contribution in [0.2, 0.25) is 0 Å². The Bertz CT molecular complexity index is 284. The molecular formula is C16H33NO3. The summed E-state index contributed by atoms with van der Waals surface area (Å²) in [6, 6.07) is 0.246. The average molecular weight is 287 g/mol. The van der Waals surface area contributed by atoms with Crippen molar-refractivity contribution in [3.63, 3.8) is 0 Å². The van der Waals surface area contributed by atoms with E-state index in [1.807, 2.05) is 27.7 Å². The van der Waals surface area contributed by atoms with Gasteiger partial charge >= 0.3 is 5.97 Å². The van der Waals surface area contributed by atoms with Crippen molar-refractivity contribution in [2.45, 2.75) is 84.9 Å². The number of unbranched alkanes of at least 4 members (excludes halogenated alkanes) is 1. The Morgan fingerprint density at radius 1 is 1.15 bits per heavy atom. The van der Waals surface area contributed by atoms with Crippen molar-refractivity contribution in [3.8, 4) is 0 Å². The summed E-state index contributed by atoms with van der Waals surface area (Å²) in [5, 5.41) is 3.33. The molecular weight excluding hydrogens is 254 g/mol. The third-order valence-corrected chi connectivity index (χ3v) is 2.94.